The van der Waals surface area contributed by atoms with Crippen LogP contribution >= 0.6 is 22.9 Å². The van der Waals surface area contributed by atoms with Gasteiger partial charge in [-0.15, -0.1) is 10.2 Å². The summed E-state index contributed by atoms with van der Waals surface area (Å²) < 4.78 is 5.47. The Hall–Kier alpha value is -2.44. The van der Waals surface area contributed by atoms with E-state index in [4.69, 9.17) is 16.3 Å². The number of benzene rings is 2. The Labute approximate surface area is 154 Å². The first kappa shape index (κ1) is 17.4. The first-order valence-corrected chi connectivity index (χ1v) is 8.85. The molecule has 25 heavy (non-hydrogen) atoms. The number of carbonyl (C=O) groups excluding carboxylic acids is 1. The molecule has 1 amide bonds. The zero-order valence-corrected chi connectivity index (χ0v) is 15.1. The van der Waals surface area contributed by atoms with Gasteiger partial charge in [0.2, 0.25) is 5.13 Å². The Bertz CT molecular complexity index is 868. The number of nitrogens with one attached hydrogen (secondary N) is 1. The number of carbonyl (C=O) groups is 1. The molecule has 0 saturated heterocycles. The predicted molar refractivity (Wildman–Crippen MR) is 99.5 cm³/mol. The summed E-state index contributed by atoms with van der Waals surface area (Å²) in [7, 11) is 0. The Morgan fingerprint density at radius 3 is 2.80 bits per heavy atom. The van der Waals surface area contributed by atoms with Gasteiger partial charge in [0.05, 0.1) is 5.02 Å². The number of rotatable bonds is 6. The average Bonchev–Trinajstić information content (AvgIpc) is 3.03. The van der Waals surface area contributed by atoms with E-state index < -0.39 is 0 Å². The van der Waals surface area contributed by atoms with E-state index in [1.54, 1.807) is 12.1 Å². The molecule has 1 aromatic heterocycles. The average molecular weight is 374 g/mol. The zero-order valence-electron chi connectivity index (χ0n) is 13.5. The van der Waals surface area contributed by atoms with Crippen molar-refractivity contribution in [3.8, 4) is 5.75 Å². The van der Waals surface area contributed by atoms with Crippen molar-refractivity contribution in [3.63, 3.8) is 0 Å². The van der Waals surface area contributed by atoms with Gasteiger partial charge in [0, 0.05) is 6.42 Å². The van der Waals surface area contributed by atoms with E-state index >= 15 is 0 Å². The molecule has 5 nitrogen and oxygen atoms in total. The summed E-state index contributed by atoms with van der Waals surface area (Å²) in [5.41, 5.74) is 2.16. The molecule has 0 aliphatic carbocycles. The van der Waals surface area contributed by atoms with Crippen LogP contribution in [-0.2, 0) is 11.2 Å². The quantitative estimate of drug-likeness (QED) is 0.706. The molecule has 0 saturated carbocycles. The molecule has 2 aromatic carbocycles. The molecule has 0 spiro atoms. The Morgan fingerprint density at radius 2 is 2.00 bits per heavy atom. The third-order valence-corrected chi connectivity index (χ3v) is 4.51. The maximum atomic E-state index is 12.0. The van der Waals surface area contributed by atoms with Crippen LogP contribution in [0.1, 0.15) is 16.1 Å². The van der Waals surface area contributed by atoms with Gasteiger partial charge in [-0.05, 0) is 30.2 Å². The summed E-state index contributed by atoms with van der Waals surface area (Å²) in [6.07, 6.45) is 0.684. The maximum absolute atomic E-state index is 12.0. The first-order valence-electron chi connectivity index (χ1n) is 7.65. The highest BCUT2D eigenvalue weighted by atomic mass is 35.5. The lowest BCUT2D eigenvalue weighted by Gasteiger charge is -2.08. The van der Waals surface area contributed by atoms with Crippen molar-refractivity contribution >= 4 is 34.0 Å². The lowest BCUT2D eigenvalue weighted by molar-refractivity contribution is -0.118. The number of nitrogens with zero attached hydrogens (tertiary/aromatic N) is 2. The van der Waals surface area contributed by atoms with Gasteiger partial charge in [-0.25, -0.2) is 0 Å². The van der Waals surface area contributed by atoms with E-state index in [0.29, 0.717) is 22.3 Å². The lowest BCUT2D eigenvalue weighted by Crippen LogP contribution is -2.20. The number of aromatic nitrogens is 2. The van der Waals surface area contributed by atoms with Crippen molar-refractivity contribution in [2.24, 2.45) is 0 Å². The molecular weight excluding hydrogens is 358 g/mol. The van der Waals surface area contributed by atoms with Gasteiger partial charge in [-0.2, -0.15) is 0 Å². The number of anilines is 1. The van der Waals surface area contributed by atoms with Crippen LogP contribution in [0.4, 0.5) is 5.13 Å². The molecular formula is C18H16ClN3O2S. The Morgan fingerprint density at radius 1 is 1.20 bits per heavy atom. The highest BCUT2D eigenvalue weighted by Crippen LogP contribution is 2.25. The van der Waals surface area contributed by atoms with Gasteiger partial charge in [-0.1, -0.05) is 59.3 Å². The van der Waals surface area contributed by atoms with Crippen molar-refractivity contribution in [2.75, 3.05) is 11.9 Å². The Kier molecular flexibility index (Phi) is 5.63. The molecule has 0 atom stereocenters. The summed E-state index contributed by atoms with van der Waals surface area (Å²) >= 11 is 7.39. The predicted octanol–water partition coefficient (Wildman–Crippen LogP) is 4.11. The molecule has 0 aliphatic rings. The number of amides is 1. The minimum Gasteiger partial charge on any atom is -0.482 e. The van der Waals surface area contributed by atoms with Crippen LogP contribution in [-0.4, -0.2) is 22.7 Å². The molecule has 7 heteroatoms. The number of aryl methyl sites for hydroxylation is 1. The van der Waals surface area contributed by atoms with Gasteiger partial charge >= 0.3 is 0 Å². The lowest BCUT2D eigenvalue weighted by atomic mass is 10.2. The van der Waals surface area contributed by atoms with Crippen molar-refractivity contribution in [3.05, 3.63) is 69.7 Å². The second-order valence-corrected chi connectivity index (χ2v) is 6.90. The number of halogens is 1. The molecule has 3 aromatic rings. The number of ether oxygens (including phenoxy) is 1. The second kappa shape index (κ2) is 8.09. The van der Waals surface area contributed by atoms with Gasteiger partial charge in [-0.3, -0.25) is 10.1 Å². The normalized spacial score (nSPS) is 10.5. The van der Waals surface area contributed by atoms with Crippen LogP contribution in [0.5, 0.6) is 5.75 Å². The second-order valence-electron chi connectivity index (χ2n) is 5.43. The van der Waals surface area contributed by atoms with Gasteiger partial charge in [0.1, 0.15) is 10.8 Å². The highest BCUT2D eigenvalue weighted by molar-refractivity contribution is 7.15. The zero-order chi connectivity index (χ0) is 17.6. The van der Waals surface area contributed by atoms with Crippen molar-refractivity contribution < 1.29 is 9.53 Å². The Balaban J connectivity index is 1.54. The van der Waals surface area contributed by atoms with Crippen LogP contribution in [0.15, 0.2) is 48.5 Å². The van der Waals surface area contributed by atoms with Crippen molar-refractivity contribution in [1.82, 2.24) is 10.2 Å². The minimum atomic E-state index is -0.306. The van der Waals surface area contributed by atoms with Gasteiger partial charge in [0.25, 0.3) is 5.91 Å². The maximum Gasteiger partial charge on any atom is 0.264 e. The summed E-state index contributed by atoms with van der Waals surface area (Å²) in [6.45, 7) is 1.79. The first-order chi connectivity index (χ1) is 12.1. The monoisotopic (exact) mass is 373 g/mol. The molecule has 1 N–H and O–H groups in total. The van der Waals surface area contributed by atoms with Crippen LogP contribution in [0.25, 0.3) is 0 Å². The molecule has 1 heterocycles. The minimum absolute atomic E-state index is 0.142. The third-order valence-electron chi connectivity index (χ3n) is 3.36. The fraction of sp³-hybridized carbons (Fsp3) is 0.167. The molecule has 0 radical (unpaired) electrons. The van der Waals surface area contributed by atoms with Gasteiger partial charge < -0.3 is 4.74 Å². The fourth-order valence-corrected chi connectivity index (χ4v) is 3.13. The smallest absolute Gasteiger partial charge is 0.264 e. The van der Waals surface area contributed by atoms with E-state index in [-0.39, 0.29) is 12.5 Å². The summed E-state index contributed by atoms with van der Waals surface area (Å²) in [5, 5.41) is 12.5. The molecule has 3 rings (SSSR count). The van der Waals surface area contributed by atoms with E-state index in [1.807, 2.05) is 43.3 Å². The molecule has 0 fully saturated rings. The van der Waals surface area contributed by atoms with Crippen LogP contribution in [0.2, 0.25) is 5.02 Å². The van der Waals surface area contributed by atoms with Crippen LogP contribution < -0.4 is 10.1 Å². The van der Waals surface area contributed by atoms with Gasteiger partial charge in [0.15, 0.2) is 6.61 Å². The van der Waals surface area contributed by atoms with E-state index in [1.165, 1.54) is 11.3 Å². The van der Waals surface area contributed by atoms with Crippen molar-refractivity contribution in [1.29, 1.82) is 0 Å². The number of hydrogen-bond donors (Lipinski definition) is 1. The van der Waals surface area contributed by atoms with E-state index in [0.717, 1.165) is 16.1 Å². The summed E-state index contributed by atoms with van der Waals surface area (Å²) in [4.78, 5) is 12.0. The topological polar surface area (TPSA) is 64.1 Å². The summed E-state index contributed by atoms with van der Waals surface area (Å²) in [5.74, 6) is 0.179. The molecule has 128 valence electrons. The number of hydrogen-bond acceptors (Lipinski definition) is 5. The van der Waals surface area contributed by atoms with E-state index in [2.05, 4.69) is 15.5 Å². The molecule has 0 aliphatic heterocycles. The van der Waals surface area contributed by atoms with E-state index in [9.17, 15) is 4.79 Å². The fourth-order valence-electron chi connectivity index (χ4n) is 2.17. The highest BCUT2D eigenvalue weighted by Gasteiger charge is 2.10. The van der Waals surface area contributed by atoms with Crippen molar-refractivity contribution in [2.45, 2.75) is 13.3 Å². The molecule has 0 unspecified atom stereocenters. The summed E-state index contributed by atoms with van der Waals surface area (Å²) in [6, 6.07) is 15.4. The standard InChI is InChI=1S/C18H16ClN3O2S/c1-12-7-8-14(19)15(9-12)24-11-16(23)20-18-22-21-17(25-18)10-13-5-3-2-4-6-13/h2-9H,10-11H2,1H3,(H,20,22,23). The van der Waals surface area contributed by atoms with Crippen LogP contribution in [0, 0.1) is 6.92 Å². The van der Waals surface area contributed by atoms with Crippen LogP contribution in [0.3, 0.4) is 0 Å². The SMILES string of the molecule is Cc1ccc(Cl)c(OCC(=O)Nc2nnc(Cc3ccccc3)s2)c1. The molecule has 0 bridgehead atoms. The third kappa shape index (κ3) is 5.01. The largest absolute Gasteiger partial charge is 0.482 e.